The quantitative estimate of drug-likeness (QED) is 0.191. The van der Waals surface area contributed by atoms with Crippen molar-refractivity contribution >= 4 is 0 Å². The van der Waals surface area contributed by atoms with Crippen LogP contribution in [0.15, 0.2) is 0 Å². The van der Waals surface area contributed by atoms with Crippen LogP contribution in [-0.2, 0) is 4.74 Å². The highest BCUT2D eigenvalue weighted by molar-refractivity contribution is 4.86. The fraction of sp³-hybridized carbons (Fsp3) is 1.00. The lowest BCUT2D eigenvalue weighted by Gasteiger charge is -2.38. The molecule has 8 heterocycles. The first kappa shape index (κ1) is 95.7. The van der Waals surface area contributed by atoms with Crippen LogP contribution in [0.4, 0.5) is 0 Å². The van der Waals surface area contributed by atoms with Gasteiger partial charge in [-0.1, -0.05) is 210 Å². The van der Waals surface area contributed by atoms with Crippen LogP contribution in [-0.4, -0.2) is 136 Å². The second kappa shape index (κ2) is 46.7. The molecule has 3 unspecified atom stereocenters. The predicted molar refractivity (Wildman–Crippen MR) is 442 cm³/mol. The van der Waals surface area contributed by atoms with Crippen molar-refractivity contribution in [3.8, 4) is 0 Å². The third kappa shape index (κ3) is 45.2. The highest BCUT2D eigenvalue weighted by atomic mass is 16.5. The molecule has 8 heteroatoms. The van der Waals surface area contributed by atoms with Crippen LogP contribution in [0.1, 0.15) is 381 Å². The number of ether oxygens (including phenoxy) is 1. The predicted octanol–water partition coefficient (Wildman–Crippen LogP) is 23.8. The summed E-state index contributed by atoms with van der Waals surface area (Å²) < 4.78 is 5.06. The van der Waals surface area contributed by atoms with Gasteiger partial charge < -0.3 is 26.0 Å². The lowest BCUT2D eigenvalue weighted by atomic mass is 9.72. The summed E-state index contributed by atoms with van der Waals surface area (Å²) in [5.41, 5.74) is 4.87. The molecule has 0 radical (unpaired) electrons. The lowest BCUT2D eigenvalue weighted by Crippen LogP contribution is -2.44. The summed E-state index contributed by atoms with van der Waals surface area (Å²) in [6.07, 6.45) is 38.5. The van der Waals surface area contributed by atoms with Crippen molar-refractivity contribution in [1.82, 2.24) is 36.0 Å². The molecular weight excluding hydrogens is 1200 g/mol. The molecule has 0 aromatic rings. The van der Waals surface area contributed by atoms with Crippen LogP contribution >= 0.6 is 0 Å². The van der Waals surface area contributed by atoms with Crippen LogP contribution < -0.4 is 21.3 Å². The fourth-order valence-electron chi connectivity index (χ4n) is 15.8. The highest BCUT2D eigenvalue weighted by Crippen LogP contribution is 2.40. The van der Waals surface area contributed by atoms with Gasteiger partial charge in [0.05, 0.1) is 13.2 Å². The van der Waals surface area contributed by atoms with E-state index in [9.17, 15) is 0 Å². The Kier molecular flexibility index (Phi) is 45.6. The Bertz CT molecular complexity index is 1630. The van der Waals surface area contributed by atoms with Crippen LogP contribution in [0.5, 0.6) is 0 Å². The summed E-state index contributed by atoms with van der Waals surface area (Å²) in [5, 5.41) is 13.8. The number of nitrogens with zero attached hydrogens (tertiary/aromatic N) is 3. The largest absolute Gasteiger partial charge is 0.381 e. The number of likely N-dealkylation sites (tertiary alicyclic amines) is 3. The molecule has 98 heavy (non-hydrogen) atoms. The van der Waals surface area contributed by atoms with Crippen LogP contribution in [0.2, 0.25) is 0 Å². The summed E-state index contributed by atoms with van der Waals surface area (Å²) in [6, 6.07) is 0. The topological polar surface area (TPSA) is 67.1 Å². The van der Waals surface area contributed by atoms with Gasteiger partial charge in [-0.25, -0.2) is 0 Å². The van der Waals surface area contributed by atoms with E-state index in [0.29, 0.717) is 54.5 Å². The molecule has 0 spiro atoms. The van der Waals surface area contributed by atoms with Gasteiger partial charge in [0.25, 0.3) is 0 Å². The van der Waals surface area contributed by atoms with E-state index in [1.165, 1.54) is 265 Å². The van der Waals surface area contributed by atoms with Crippen molar-refractivity contribution < 1.29 is 4.74 Å². The van der Waals surface area contributed by atoms with Crippen LogP contribution in [0.3, 0.4) is 0 Å². The average Bonchev–Trinajstić information content (AvgIpc) is 1.37. The highest BCUT2D eigenvalue weighted by Gasteiger charge is 2.33. The Hall–Kier alpha value is -0.320. The maximum absolute atomic E-state index is 5.06. The normalized spacial score (nSPS) is 24.7. The second-order valence-electron chi connectivity index (χ2n) is 43.3. The smallest absolute Gasteiger partial charge is 0.0521 e. The Morgan fingerprint density at radius 1 is 0.204 bits per heavy atom. The van der Waals surface area contributed by atoms with Crippen molar-refractivity contribution in [2.24, 2.45) is 79.3 Å². The van der Waals surface area contributed by atoms with Gasteiger partial charge in [-0.15, -0.1) is 0 Å². The molecule has 0 aromatic carbocycles. The molecule has 0 amide bonds. The molecule has 0 bridgehead atoms. The van der Waals surface area contributed by atoms with Crippen molar-refractivity contribution in [2.75, 3.05) is 105 Å². The van der Waals surface area contributed by atoms with Crippen LogP contribution in [0, 0.1) is 79.3 Å². The molecule has 0 aromatic heterocycles. The molecule has 4 N–H and O–H groups in total. The SMILES string of the molecule is CC(C)(C)C1CCCCC1.CC(C)(C)C1CCCCC1.CC(C)(C)C1CCCCNC1.CC(C)(C)C1CCCCNC1.CC(C)(C)C1CCNC1.CC(C)(C)C1CCNCC1.CC(C)(C)C1COC1.CC(C)(C)N1CCCC1.CC(C)(C)N1CCCCC1.CC(C)(C)N1CCCCC1. The Morgan fingerprint density at radius 3 is 0.602 bits per heavy atom. The number of piperidine rings is 3. The first-order valence-corrected chi connectivity index (χ1v) is 42.7. The van der Waals surface area contributed by atoms with Gasteiger partial charge in [0, 0.05) is 22.5 Å². The zero-order valence-electron chi connectivity index (χ0n) is 73.2. The number of hydrogen-bond donors (Lipinski definition) is 4. The van der Waals surface area contributed by atoms with Gasteiger partial charge in [-0.3, -0.25) is 14.7 Å². The van der Waals surface area contributed by atoms with Crippen LogP contribution in [0.25, 0.3) is 0 Å². The summed E-state index contributed by atoms with van der Waals surface area (Å²) in [6.45, 7) is 89.5. The minimum absolute atomic E-state index is 0.403. The molecule has 8 saturated heterocycles. The van der Waals surface area contributed by atoms with E-state index in [-0.39, 0.29) is 0 Å². The Labute approximate surface area is 619 Å². The molecule has 3 atom stereocenters. The van der Waals surface area contributed by atoms with Gasteiger partial charge in [0.15, 0.2) is 0 Å². The van der Waals surface area contributed by atoms with Crippen molar-refractivity contribution in [3.63, 3.8) is 0 Å². The van der Waals surface area contributed by atoms with E-state index in [0.717, 1.165) is 54.6 Å². The third-order valence-electron chi connectivity index (χ3n) is 24.6. The fourth-order valence-corrected chi connectivity index (χ4v) is 15.8. The minimum Gasteiger partial charge on any atom is -0.381 e. The van der Waals surface area contributed by atoms with Crippen molar-refractivity contribution in [1.29, 1.82) is 0 Å². The molecule has 10 rings (SSSR count). The van der Waals surface area contributed by atoms with Gasteiger partial charge in [0.1, 0.15) is 0 Å². The summed E-state index contributed by atoms with van der Waals surface area (Å²) >= 11 is 0. The maximum atomic E-state index is 5.06. The molecule has 2 saturated carbocycles. The molecule has 8 aliphatic heterocycles. The molecular formula is C90H187N7O. The lowest BCUT2D eigenvalue weighted by molar-refractivity contribution is -0.0821. The summed E-state index contributed by atoms with van der Waals surface area (Å²) in [7, 11) is 0. The van der Waals surface area contributed by atoms with Crippen molar-refractivity contribution in [2.45, 2.75) is 398 Å². The molecule has 2 aliphatic carbocycles. The van der Waals surface area contributed by atoms with E-state index >= 15 is 0 Å². The first-order chi connectivity index (χ1) is 45.1. The van der Waals surface area contributed by atoms with Gasteiger partial charge in [-0.05, 0) is 337 Å². The third-order valence-corrected chi connectivity index (χ3v) is 24.6. The standard InChI is InChI=1S/2C10H21N.2C10H20.3C9H19N.2C8H17N.C7H14O/c2*1-10(2,3)9-6-4-5-7-11-8-9;2*1-10(2,3)9-7-5-4-6-8-9;1-9(2,3)8-4-6-10-7-5-8;2*1-9(2,3)10-7-5-4-6-8-10;1-8(2,3)7-4-5-9-6-7;1-8(2,3)9-6-4-5-7-9;1-7(2,3)6-4-8-5-6/h2*9,11H,4-8H2,1-3H3;2*9H,4-8H2,1-3H3;8,10H,4-7H2,1-3H3;2*4-8H2,1-3H3;7,9H,4-6H2,1-3H3;4-7H2,1-3H3;6H,4-5H2,1-3H3. The molecule has 10 fully saturated rings. The zero-order chi connectivity index (χ0) is 74.7. The maximum Gasteiger partial charge on any atom is 0.0521 e. The van der Waals surface area contributed by atoms with E-state index in [1.807, 2.05) is 0 Å². The molecule has 588 valence electrons. The van der Waals surface area contributed by atoms with Gasteiger partial charge >= 0.3 is 0 Å². The van der Waals surface area contributed by atoms with E-state index in [4.69, 9.17) is 4.74 Å². The minimum atomic E-state index is 0.403. The van der Waals surface area contributed by atoms with Gasteiger partial charge in [0.2, 0.25) is 0 Å². The average molecular weight is 1380 g/mol. The number of nitrogens with one attached hydrogen (secondary N) is 4. The monoisotopic (exact) mass is 1380 g/mol. The van der Waals surface area contributed by atoms with Crippen molar-refractivity contribution in [3.05, 3.63) is 0 Å². The van der Waals surface area contributed by atoms with E-state index < -0.39 is 0 Å². The molecule has 10 aliphatic rings. The van der Waals surface area contributed by atoms with E-state index in [2.05, 4.69) is 244 Å². The molecule has 8 nitrogen and oxygen atoms in total. The Morgan fingerprint density at radius 2 is 0.408 bits per heavy atom. The second-order valence-corrected chi connectivity index (χ2v) is 43.3. The summed E-state index contributed by atoms with van der Waals surface area (Å²) in [5.74, 6) is 6.41. The number of rotatable bonds is 0. The Balaban J connectivity index is 0.000000545. The van der Waals surface area contributed by atoms with E-state index in [1.54, 1.807) is 0 Å². The first-order valence-electron chi connectivity index (χ1n) is 42.7. The van der Waals surface area contributed by atoms with Gasteiger partial charge in [-0.2, -0.15) is 0 Å². The number of hydrogen-bond acceptors (Lipinski definition) is 8. The summed E-state index contributed by atoms with van der Waals surface area (Å²) in [4.78, 5) is 7.71. The zero-order valence-corrected chi connectivity index (χ0v) is 73.2.